The molecule has 17 heavy (non-hydrogen) atoms. The molecule has 0 spiro atoms. The number of hydrogen-bond acceptors (Lipinski definition) is 3. The van der Waals surface area contributed by atoms with Gasteiger partial charge in [-0.2, -0.15) is 0 Å². The molecule has 0 aliphatic heterocycles. The Morgan fingerprint density at radius 2 is 2.18 bits per heavy atom. The van der Waals surface area contributed by atoms with E-state index in [0.29, 0.717) is 23.0 Å². The predicted molar refractivity (Wildman–Crippen MR) is 69.5 cm³/mol. The minimum Gasteiger partial charge on any atom is -0.469 e. The second kappa shape index (κ2) is 6.84. The number of nitrogens with one attached hydrogen (secondary N) is 1. The van der Waals surface area contributed by atoms with Gasteiger partial charge in [0.2, 0.25) is 0 Å². The summed E-state index contributed by atoms with van der Waals surface area (Å²) in [5, 5.41) is 4.27. The first-order valence-electron chi connectivity index (χ1n) is 5.30. The Kier molecular flexibility index (Phi) is 5.75. The largest absolute Gasteiger partial charge is 0.469 e. The Hall–Kier alpha value is -0.770. The van der Waals surface area contributed by atoms with Gasteiger partial charge in [-0.25, -0.2) is 0 Å². The molecule has 1 N–H and O–H groups in total. The number of carbonyl (C=O) groups excluding carboxylic acids is 1. The summed E-state index contributed by atoms with van der Waals surface area (Å²) in [4.78, 5) is 10.9. The molecule has 0 heterocycles. The Bertz CT molecular complexity index is 396. The van der Waals surface area contributed by atoms with Crippen LogP contribution in [0.15, 0.2) is 18.2 Å². The topological polar surface area (TPSA) is 38.3 Å². The van der Waals surface area contributed by atoms with Crippen LogP contribution in [0.25, 0.3) is 0 Å². The van der Waals surface area contributed by atoms with Gasteiger partial charge in [0, 0.05) is 12.6 Å². The molecular formula is C12H15Cl2NO2. The van der Waals surface area contributed by atoms with E-state index < -0.39 is 0 Å². The van der Waals surface area contributed by atoms with Crippen molar-refractivity contribution in [3.8, 4) is 0 Å². The quantitative estimate of drug-likeness (QED) is 0.839. The van der Waals surface area contributed by atoms with Crippen LogP contribution in [0.2, 0.25) is 10.0 Å². The lowest BCUT2D eigenvalue weighted by atomic mass is 10.1. The van der Waals surface area contributed by atoms with E-state index in [4.69, 9.17) is 23.2 Å². The van der Waals surface area contributed by atoms with Crippen LogP contribution < -0.4 is 5.32 Å². The second-order valence-corrected chi connectivity index (χ2v) is 4.43. The monoisotopic (exact) mass is 275 g/mol. The van der Waals surface area contributed by atoms with E-state index in [-0.39, 0.29) is 12.0 Å². The molecule has 0 amide bonds. The molecule has 0 aromatic heterocycles. The van der Waals surface area contributed by atoms with Crippen LogP contribution in [0.4, 0.5) is 0 Å². The Labute approximate surface area is 111 Å². The van der Waals surface area contributed by atoms with Gasteiger partial charge in [-0.1, -0.05) is 35.3 Å². The van der Waals surface area contributed by atoms with Crippen LogP contribution in [0.5, 0.6) is 0 Å². The average molecular weight is 276 g/mol. The van der Waals surface area contributed by atoms with Crippen LogP contribution in [0, 0.1) is 0 Å². The van der Waals surface area contributed by atoms with Crippen molar-refractivity contribution in [2.75, 3.05) is 13.7 Å². The fraction of sp³-hybridized carbons (Fsp3) is 0.417. The highest BCUT2D eigenvalue weighted by atomic mass is 35.5. The van der Waals surface area contributed by atoms with Crippen LogP contribution in [-0.2, 0) is 9.53 Å². The zero-order valence-corrected chi connectivity index (χ0v) is 11.3. The van der Waals surface area contributed by atoms with Crippen molar-refractivity contribution in [2.24, 2.45) is 0 Å². The van der Waals surface area contributed by atoms with Gasteiger partial charge in [0.05, 0.1) is 23.6 Å². The van der Waals surface area contributed by atoms with Crippen molar-refractivity contribution in [1.29, 1.82) is 0 Å². The lowest BCUT2D eigenvalue weighted by Crippen LogP contribution is -2.22. The first-order chi connectivity index (χ1) is 8.06. The summed E-state index contributed by atoms with van der Waals surface area (Å²) < 4.78 is 4.55. The molecule has 0 aliphatic rings. The van der Waals surface area contributed by atoms with Crippen molar-refractivity contribution in [3.63, 3.8) is 0 Å². The third kappa shape index (κ3) is 4.19. The molecule has 0 saturated carbocycles. The van der Waals surface area contributed by atoms with Gasteiger partial charge in [0.25, 0.3) is 0 Å². The Balaban J connectivity index is 2.55. The zero-order valence-electron chi connectivity index (χ0n) is 9.80. The number of methoxy groups -OCH3 is 1. The summed E-state index contributed by atoms with van der Waals surface area (Å²) >= 11 is 12.0. The standard InChI is InChI=1S/C12H15Cl2NO2/c1-8(15-7-6-11(16)17-2)9-4-3-5-10(13)12(9)14/h3-5,8,15H,6-7H2,1-2H3. The summed E-state index contributed by atoms with van der Waals surface area (Å²) in [5.74, 6) is -0.234. The highest BCUT2D eigenvalue weighted by molar-refractivity contribution is 6.42. The molecule has 5 heteroatoms. The van der Waals surface area contributed by atoms with Crippen molar-refractivity contribution < 1.29 is 9.53 Å². The van der Waals surface area contributed by atoms with E-state index in [1.165, 1.54) is 7.11 Å². The maximum atomic E-state index is 10.9. The SMILES string of the molecule is COC(=O)CCNC(C)c1cccc(Cl)c1Cl. The molecule has 1 aromatic rings. The van der Waals surface area contributed by atoms with Crippen molar-refractivity contribution in [1.82, 2.24) is 5.32 Å². The van der Waals surface area contributed by atoms with E-state index in [2.05, 4.69) is 10.1 Å². The molecule has 1 unspecified atom stereocenters. The maximum Gasteiger partial charge on any atom is 0.306 e. The molecule has 1 aromatic carbocycles. The number of hydrogen-bond donors (Lipinski definition) is 1. The number of esters is 1. The lowest BCUT2D eigenvalue weighted by molar-refractivity contribution is -0.140. The minimum atomic E-state index is -0.234. The fourth-order valence-corrected chi connectivity index (χ4v) is 1.93. The average Bonchev–Trinajstić information content (AvgIpc) is 2.32. The Morgan fingerprint density at radius 1 is 1.47 bits per heavy atom. The summed E-state index contributed by atoms with van der Waals surface area (Å²) in [5.41, 5.74) is 0.920. The van der Waals surface area contributed by atoms with E-state index in [1.54, 1.807) is 6.07 Å². The summed E-state index contributed by atoms with van der Waals surface area (Å²) in [7, 11) is 1.37. The van der Waals surface area contributed by atoms with Gasteiger partial charge in [-0.15, -0.1) is 0 Å². The molecular weight excluding hydrogens is 261 g/mol. The predicted octanol–water partition coefficient (Wildman–Crippen LogP) is 3.21. The van der Waals surface area contributed by atoms with Gasteiger partial charge in [0.1, 0.15) is 0 Å². The van der Waals surface area contributed by atoms with Gasteiger partial charge in [-0.05, 0) is 18.6 Å². The van der Waals surface area contributed by atoms with Crippen LogP contribution in [0.1, 0.15) is 24.9 Å². The molecule has 0 bridgehead atoms. The van der Waals surface area contributed by atoms with Crippen molar-refractivity contribution >= 4 is 29.2 Å². The number of rotatable bonds is 5. The number of benzene rings is 1. The minimum absolute atomic E-state index is 0.0332. The summed E-state index contributed by atoms with van der Waals surface area (Å²) in [6.07, 6.45) is 0.332. The molecule has 1 rings (SSSR count). The third-order valence-corrected chi connectivity index (χ3v) is 3.29. The third-order valence-electron chi connectivity index (χ3n) is 2.46. The fourth-order valence-electron chi connectivity index (χ4n) is 1.46. The smallest absolute Gasteiger partial charge is 0.306 e. The first kappa shape index (κ1) is 14.3. The highest BCUT2D eigenvalue weighted by Crippen LogP contribution is 2.29. The van der Waals surface area contributed by atoms with E-state index >= 15 is 0 Å². The molecule has 0 aliphatic carbocycles. The molecule has 0 fully saturated rings. The van der Waals surface area contributed by atoms with Gasteiger partial charge in [-0.3, -0.25) is 4.79 Å². The number of halogens is 2. The maximum absolute atomic E-state index is 10.9. The number of carbonyl (C=O) groups is 1. The normalized spacial score (nSPS) is 12.2. The van der Waals surface area contributed by atoms with Crippen molar-refractivity contribution in [3.05, 3.63) is 33.8 Å². The van der Waals surface area contributed by atoms with Gasteiger partial charge < -0.3 is 10.1 Å². The molecule has 0 radical (unpaired) electrons. The first-order valence-corrected chi connectivity index (χ1v) is 6.06. The lowest BCUT2D eigenvalue weighted by Gasteiger charge is -2.15. The molecule has 1 atom stereocenters. The highest BCUT2D eigenvalue weighted by Gasteiger charge is 2.11. The van der Waals surface area contributed by atoms with Gasteiger partial charge >= 0.3 is 5.97 Å². The number of ether oxygens (including phenoxy) is 1. The van der Waals surface area contributed by atoms with E-state index in [1.807, 2.05) is 19.1 Å². The van der Waals surface area contributed by atoms with Crippen LogP contribution in [-0.4, -0.2) is 19.6 Å². The summed E-state index contributed by atoms with van der Waals surface area (Å²) in [6, 6.07) is 5.53. The van der Waals surface area contributed by atoms with E-state index in [0.717, 1.165) is 5.56 Å². The second-order valence-electron chi connectivity index (χ2n) is 3.64. The molecule has 94 valence electrons. The van der Waals surface area contributed by atoms with E-state index in [9.17, 15) is 4.79 Å². The van der Waals surface area contributed by atoms with Crippen molar-refractivity contribution in [2.45, 2.75) is 19.4 Å². The Morgan fingerprint density at radius 3 is 2.82 bits per heavy atom. The zero-order chi connectivity index (χ0) is 12.8. The van der Waals surface area contributed by atoms with Crippen LogP contribution >= 0.6 is 23.2 Å². The van der Waals surface area contributed by atoms with Gasteiger partial charge in [0.15, 0.2) is 0 Å². The molecule has 0 saturated heterocycles. The summed E-state index contributed by atoms with van der Waals surface area (Å²) in [6.45, 7) is 2.51. The molecule has 3 nitrogen and oxygen atoms in total. The van der Waals surface area contributed by atoms with Crippen LogP contribution in [0.3, 0.4) is 0 Å².